The molecule has 0 radical (unpaired) electrons. The highest BCUT2D eigenvalue weighted by Crippen LogP contribution is 2.27. The van der Waals surface area contributed by atoms with Crippen LogP contribution in [0.5, 0.6) is 0 Å². The molecule has 0 spiro atoms. The molecule has 6 heteroatoms. The second kappa shape index (κ2) is 5.59. The second-order valence-corrected chi connectivity index (χ2v) is 5.06. The number of carbonyl (C=O) groups is 1. The molecule has 0 unspecified atom stereocenters. The third kappa shape index (κ3) is 3.24. The lowest BCUT2D eigenvalue weighted by molar-refractivity contribution is 0.102. The van der Waals surface area contributed by atoms with E-state index in [2.05, 4.69) is 21.2 Å². The lowest BCUT2D eigenvalue weighted by Gasteiger charge is -2.08. The highest BCUT2D eigenvalue weighted by molar-refractivity contribution is 9.10. The Bertz CT molecular complexity index is 628. The van der Waals surface area contributed by atoms with E-state index in [4.69, 9.17) is 17.3 Å². The van der Waals surface area contributed by atoms with Gasteiger partial charge in [-0.1, -0.05) is 17.7 Å². The number of anilines is 2. The zero-order valence-corrected chi connectivity index (χ0v) is 11.9. The van der Waals surface area contributed by atoms with E-state index in [-0.39, 0.29) is 11.4 Å². The summed E-state index contributed by atoms with van der Waals surface area (Å²) in [6.07, 6.45) is 0. The Morgan fingerprint density at radius 1 is 1.32 bits per heavy atom. The van der Waals surface area contributed by atoms with Crippen molar-refractivity contribution in [3.05, 3.63) is 57.3 Å². The SMILES string of the molecule is Nc1cc(F)cc(NC(=O)c2cccc(Br)c2Cl)c1. The fraction of sp³-hybridized carbons (Fsp3) is 0. The van der Waals surface area contributed by atoms with Crippen molar-refractivity contribution in [2.75, 3.05) is 11.1 Å². The van der Waals surface area contributed by atoms with Crippen LogP contribution in [0.3, 0.4) is 0 Å². The number of amides is 1. The minimum atomic E-state index is -0.518. The summed E-state index contributed by atoms with van der Waals surface area (Å²) >= 11 is 9.24. The van der Waals surface area contributed by atoms with Crippen molar-refractivity contribution >= 4 is 44.8 Å². The van der Waals surface area contributed by atoms with E-state index < -0.39 is 11.7 Å². The fourth-order valence-electron chi connectivity index (χ4n) is 1.56. The van der Waals surface area contributed by atoms with E-state index >= 15 is 0 Å². The maximum absolute atomic E-state index is 13.2. The Hall–Kier alpha value is -1.59. The molecule has 0 bridgehead atoms. The number of nitrogens with one attached hydrogen (secondary N) is 1. The van der Waals surface area contributed by atoms with E-state index in [0.717, 1.165) is 0 Å². The van der Waals surface area contributed by atoms with Gasteiger partial charge in [-0.25, -0.2) is 4.39 Å². The number of nitrogens with two attached hydrogens (primary N) is 1. The Balaban J connectivity index is 2.28. The van der Waals surface area contributed by atoms with E-state index in [0.29, 0.717) is 15.1 Å². The molecule has 1 amide bonds. The molecule has 0 aliphatic carbocycles. The van der Waals surface area contributed by atoms with Crippen LogP contribution in [0.15, 0.2) is 40.9 Å². The van der Waals surface area contributed by atoms with Crippen LogP contribution in [0.2, 0.25) is 5.02 Å². The minimum absolute atomic E-state index is 0.232. The summed E-state index contributed by atoms with van der Waals surface area (Å²) in [5.41, 5.74) is 6.30. The summed E-state index contributed by atoms with van der Waals surface area (Å²) in [4.78, 5) is 12.0. The van der Waals surface area contributed by atoms with E-state index in [1.54, 1.807) is 18.2 Å². The Labute approximate surface area is 122 Å². The van der Waals surface area contributed by atoms with Gasteiger partial charge in [-0.3, -0.25) is 4.79 Å². The molecule has 2 rings (SSSR count). The van der Waals surface area contributed by atoms with Crippen molar-refractivity contribution in [2.45, 2.75) is 0 Å². The molecule has 0 saturated carbocycles. The van der Waals surface area contributed by atoms with Crippen molar-refractivity contribution in [1.29, 1.82) is 0 Å². The fourth-order valence-corrected chi connectivity index (χ4v) is 2.14. The van der Waals surface area contributed by atoms with Crippen LogP contribution in [0.1, 0.15) is 10.4 Å². The highest BCUT2D eigenvalue weighted by atomic mass is 79.9. The average molecular weight is 344 g/mol. The van der Waals surface area contributed by atoms with Crippen molar-refractivity contribution in [1.82, 2.24) is 0 Å². The van der Waals surface area contributed by atoms with Crippen molar-refractivity contribution in [2.24, 2.45) is 0 Å². The van der Waals surface area contributed by atoms with Gasteiger partial charge in [-0.2, -0.15) is 0 Å². The Morgan fingerprint density at radius 3 is 2.74 bits per heavy atom. The molecule has 2 aromatic rings. The second-order valence-electron chi connectivity index (χ2n) is 3.83. The summed E-state index contributed by atoms with van der Waals surface area (Å²) in [5, 5.41) is 2.84. The predicted molar refractivity (Wildman–Crippen MR) is 77.9 cm³/mol. The van der Waals surface area contributed by atoms with Gasteiger partial charge in [0.05, 0.1) is 10.6 Å². The lowest BCUT2D eigenvalue weighted by atomic mass is 10.2. The molecule has 0 aliphatic rings. The summed E-state index contributed by atoms with van der Waals surface area (Å²) in [7, 11) is 0. The van der Waals surface area contributed by atoms with Crippen LogP contribution in [-0.2, 0) is 0 Å². The van der Waals surface area contributed by atoms with Crippen LogP contribution >= 0.6 is 27.5 Å². The van der Waals surface area contributed by atoms with Gasteiger partial charge in [0.2, 0.25) is 0 Å². The van der Waals surface area contributed by atoms with Crippen molar-refractivity contribution in [3.63, 3.8) is 0 Å². The third-order valence-electron chi connectivity index (χ3n) is 2.37. The summed E-state index contributed by atoms with van der Waals surface area (Å²) in [5.74, 6) is -0.952. The van der Waals surface area contributed by atoms with E-state index in [1.165, 1.54) is 18.2 Å². The van der Waals surface area contributed by atoms with E-state index in [1.807, 2.05) is 0 Å². The predicted octanol–water partition coefficient (Wildman–Crippen LogP) is 4.08. The first-order chi connectivity index (χ1) is 8.97. The Kier molecular flexibility index (Phi) is 4.07. The maximum atomic E-state index is 13.2. The monoisotopic (exact) mass is 342 g/mol. The van der Waals surface area contributed by atoms with Crippen LogP contribution in [0, 0.1) is 5.82 Å². The summed E-state index contributed by atoms with van der Waals surface area (Å²) in [6.45, 7) is 0. The van der Waals surface area contributed by atoms with Gasteiger partial charge < -0.3 is 11.1 Å². The number of hydrogen-bond acceptors (Lipinski definition) is 2. The zero-order chi connectivity index (χ0) is 14.0. The first-order valence-electron chi connectivity index (χ1n) is 5.29. The normalized spacial score (nSPS) is 10.3. The first-order valence-corrected chi connectivity index (χ1v) is 6.46. The lowest BCUT2D eigenvalue weighted by Crippen LogP contribution is -2.13. The van der Waals surface area contributed by atoms with Gasteiger partial charge in [0.15, 0.2) is 0 Å². The van der Waals surface area contributed by atoms with Crippen LogP contribution < -0.4 is 11.1 Å². The van der Waals surface area contributed by atoms with Gasteiger partial charge in [-0.05, 0) is 46.3 Å². The van der Waals surface area contributed by atoms with Crippen LogP contribution in [-0.4, -0.2) is 5.91 Å². The maximum Gasteiger partial charge on any atom is 0.257 e. The molecule has 3 N–H and O–H groups in total. The molecule has 98 valence electrons. The van der Waals surface area contributed by atoms with E-state index in [9.17, 15) is 9.18 Å². The third-order valence-corrected chi connectivity index (χ3v) is 3.67. The van der Waals surface area contributed by atoms with Gasteiger partial charge in [-0.15, -0.1) is 0 Å². The quantitative estimate of drug-likeness (QED) is 0.807. The largest absolute Gasteiger partial charge is 0.399 e. The summed E-state index contributed by atoms with van der Waals surface area (Å²) in [6, 6.07) is 8.80. The molecule has 19 heavy (non-hydrogen) atoms. The summed E-state index contributed by atoms with van der Waals surface area (Å²) < 4.78 is 13.8. The average Bonchev–Trinajstić information content (AvgIpc) is 2.31. The van der Waals surface area contributed by atoms with Crippen LogP contribution in [0.25, 0.3) is 0 Å². The smallest absolute Gasteiger partial charge is 0.257 e. The molecular weight excluding hydrogens is 335 g/mol. The number of benzene rings is 2. The molecule has 2 aromatic carbocycles. The van der Waals surface area contributed by atoms with Gasteiger partial charge in [0.25, 0.3) is 5.91 Å². The molecular formula is C13H9BrClFN2O. The molecule has 0 fully saturated rings. The number of nitrogen functional groups attached to an aromatic ring is 1. The molecule has 0 saturated heterocycles. The number of carbonyl (C=O) groups excluding carboxylic acids is 1. The molecule has 3 nitrogen and oxygen atoms in total. The van der Waals surface area contributed by atoms with Gasteiger partial charge in [0.1, 0.15) is 5.82 Å². The van der Waals surface area contributed by atoms with Gasteiger partial charge >= 0.3 is 0 Å². The molecule has 0 atom stereocenters. The topological polar surface area (TPSA) is 55.1 Å². The minimum Gasteiger partial charge on any atom is -0.399 e. The standard InChI is InChI=1S/C13H9BrClFN2O/c14-11-3-1-2-10(12(11)15)13(19)18-9-5-7(16)4-8(17)6-9/h1-6H,17H2,(H,18,19). The molecule has 0 heterocycles. The highest BCUT2D eigenvalue weighted by Gasteiger charge is 2.13. The van der Waals surface area contributed by atoms with Gasteiger partial charge in [0, 0.05) is 15.8 Å². The Morgan fingerprint density at radius 2 is 2.05 bits per heavy atom. The van der Waals surface area contributed by atoms with Crippen molar-refractivity contribution in [3.8, 4) is 0 Å². The number of halogens is 3. The molecule has 0 aromatic heterocycles. The first kappa shape index (κ1) is 13.8. The van der Waals surface area contributed by atoms with Crippen molar-refractivity contribution < 1.29 is 9.18 Å². The van der Waals surface area contributed by atoms with Crippen LogP contribution in [0.4, 0.5) is 15.8 Å². The molecule has 0 aliphatic heterocycles. The zero-order valence-electron chi connectivity index (χ0n) is 9.58. The number of rotatable bonds is 2. The number of hydrogen-bond donors (Lipinski definition) is 2.